The third-order valence-electron chi connectivity index (χ3n) is 2.98. The largest absolute Gasteiger partial charge is 0.496 e. The number of nitrogen functional groups attached to an aromatic ring is 1. The zero-order valence-electron chi connectivity index (χ0n) is 11.4. The van der Waals surface area contributed by atoms with Gasteiger partial charge < -0.3 is 15.2 Å². The molecule has 0 aliphatic carbocycles. The second-order valence-electron chi connectivity index (χ2n) is 4.17. The number of rotatable bonds is 4. The van der Waals surface area contributed by atoms with E-state index in [1.165, 1.54) is 31.0 Å². The Morgan fingerprint density at radius 3 is 2.25 bits per heavy atom. The van der Waals surface area contributed by atoms with Gasteiger partial charge in [-0.2, -0.15) is 5.10 Å². The van der Waals surface area contributed by atoms with Crippen LogP contribution >= 0.6 is 0 Å². The van der Waals surface area contributed by atoms with Crippen molar-refractivity contribution in [2.45, 2.75) is 6.43 Å². The van der Waals surface area contributed by atoms with Crippen molar-refractivity contribution in [2.24, 2.45) is 7.05 Å². The van der Waals surface area contributed by atoms with Crippen molar-refractivity contribution in [1.82, 2.24) is 9.78 Å². The molecule has 0 radical (unpaired) electrons. The van der Waals surface area contributed by atoms with E-state index >= 15 is 0 Å². The van der Waals surface area contributed by atoms with E-state index in [4.69, 9.17) is 15.2 Å². The average molecular weight is 283 g/mol. The number of hydrogen-bond donors (Lipinski definition) is 1. The number of anilines is 1. The first kappa shape index (κ1) is 14.1. The minimum atomic E-state index is -2.66. The summed E-state index contributed by atoms with van der Waals surface area (Å²) in [6.07, 6.45) is -2.66. The highest BCUT2D eigenvalue weighted by molar-refractivity contribution is 5.72. The zero-order valence-corrected chi connectivity index (χ0v) is 11.4. The molecule has 5 nitrogen and oxygen atoms in total. The highest BCUT2D eigenvalue weighted by Gasteiger charge is 2.20. The van der Waals surface area contributed by atoms with Crippen LogP contribution in [-0.4, -0.2) is 24.0 Å². The number of nitrogens with two attached hydrogens (primary N) is 1. The van der Waals surface area contributed by atoms with E-state index in [-0.39, 0.29) is 11.3 Å². The minimum Gasteiger partial charge on any atom is -0.496 e. The monoisotopic (exact) mass is 283 g/mol. The Morgan fingerprint density at radius 1 is 1.15 bits per heavy atom. The lowest BCUT2D eigenvalue weighted by Gasteiger charge is -2.13. The molecule has 1 heterocycles. The van der Waals surface area contributed by atoms with Gasteiger partial charge >= 0.3 is 0 Å². The summed E-state index contributed by atoms with van der Waals surface area (Å²) in [4.78, 5) is 0. The van der Waals surface area contributed by atoms with Crippen LogP contribution in [0.15, 0.2) is 18.2 Å². The fraction of sp³-hybridized carbons (Fsp3) is 0.308. The summed E-state index contributed by atoms with van der Waals surface area (Å²) in [5.41, 5.74) is 6.40. The first-order chi connectivity index (χ1) is 9.47. The van der Waals surface area contributed by atoms with Gasteiger partial charge in [0.25, 0.3) is 6.43 Å². The van der Waals surface area contributed by atoms with Crippen molar-refractivity contribution >= 4 is 5.82 Å². The summed E-state index contributed by atoms with van der Waals surface area (Å²) < 4.78 is 37.7. The molecule has 1 aromatic heterocycles. The predicted octanol–water partition coefficient (Wildman–Crippen LogP) is 2.62. The van der Waals surface area contributed by atoms with Crippen LogP contribution < -0.4 is 15.2 Å². The molecule has 20 heavy (non-hydrogen) atoms. The summed E-state index contributed by atoms with van der Waals surface area (Å²) in [5.74, 6) is 0.894. The van der Waals surface area contributed by atoms with Crippen LogP contribution in [-0.2, 0) is 7.05 Å². The van der Waals surface area contributed by atoms with Gasteiger partial charge in [0.05, 0.1) is 25.5 Å². The summed E-state index contributed by atoms with van der Waals surface area (Å²) in [6, 6.07) is 4.32. The van der Waals surface area contributed by atoms with E-state index in [9.17, 15) is 8.78 Å². The Hall–Kier alpha value is -2.31. The summed E-state index contributed by atoms with van der Waals surface area (Å²) in [5, 5.41) is 4.17. The topological polar surface area (TPSA) is 62.3 Å². The lowest BCUT2D eigenvalue weighted by molar-refractivity contribution is 0.147. The molecule has 7 heteroatoms. The minimum absolute atomic E-state index is 0.0736. The molecule has 0 atom stereocenters. The van der Waals surface area contributed by atoms with Gasteiger partial charge in [0, 0.05) is 24.7 Å². The molecule has 2 aromatic rings. The SMILES string of the molecule is COc1cc(OC)c(C(F)F)cc1-c1cc(N)n(C)n1. The molecule has 0 amide bonds. The molecule has 108 valence electrons. The average Bonchev–Trinajstić information content (AvgIpc) is 2.76. The maximum atomic E-state index is 13.1. The molecule has 2 rings (SSSR count). The number of nitrogens with zero attached hydrogens (tertiary/aromatic N) is 2. The third kappa shape index (κ3) is 2.38. The molecule has 0 fully saturated rings. The van der Waals surface area contributed by atoms with E-state index in [0.717, 1.165) is 0 Å². The van der Waals surface area contributed by atoms with Gasteiger partial charge in [0.2, 0.25) is 0 Å². The van der Waals surface area contributed by atoms with Crippen LogP contribution in [0, 0.1) is 0 Å². The Labute approximate surface area is 114 Å². The number of aryl methyl sites for hydroxylation is 1. The van der Waals surface area contributed by atoms with Crippen molar-refractivity contribution in [3.05, 3.63) is 23.8 Å². The number of methoxy groups -OCH3 is 2. The molecule has 0 unspecified atom stereocenters. The van der Waals surface area contributed by atoms with Crippen molar-refractivity contribution in [2.75, 3.05) is 20.0 Å². The van der Waals surface area contributed by atoms with Gasteiger partial charge in [-0.15, -0.1) is 0 Å². The van der Waals surface area contributed by atoms with Gasteiger partial charge in [0.1, 0.15) is 17.3 Å². The Kier molecular flexibility index (Phi) is 3.78. The highest BCUT2D eigenvalue weighted by atomic mass is 19.3. The molecule has 2 N–H and O–H groups in total. The maximum Gasteiger partial charge on any atom is 0.267 e. The first-order valence-corrected chi connectivity index (χ1v) is 5.82. The van der Waals surface area contributed by atoms with Crippen LogP contribution in [0.5, 0.6) is 11.5 Å². The van der Waals surface area contributed by atoms with E-state index in [2.05, 4.69) is 5.10 Å². The second kappa shape index (κ2) is 5.36. The van der Waals surface area contributed by atoms with Crippen LogP contribution in [0.4, 0.5) is 14.6 Å². The van der Waals surface area contributed by atoms with Gasteiger partial charge in [-0.3, -0.25) is 4.68 Å². The number of benzene rings is 1. The van der Waals surface area contributed by atoms with Crippen LogP contribution in [0.2, 0.25) is 0 Å². The molecule has 1 aromatic carbocycles. The molecule has 0 aliphatic heterocycles. The third-order valence-corrected chi connectivity index (χ3v) is 2.98. The van der Waals surface area contributed by atoms with Crippen molar-refractivity contribution in [3.63, 3.8) is 0 Å². The van der Waals surface area contributed by atoms with Crippen molar-refractivity contribution < 1.29 is 18.3 Å². The van der Waals surface area contributed by atoms with Gasteiger partial charge in [-0.05, 0) is 6.07 Å². The Morgan fingerprint density at radius 2 is 1.80 bits per heavy atom. The second-order valence-corrected chi connectivity index (χ2v) is 4.17. The number of alkyl halides is 2. The summed E-state index contributed by atoms with van der Waals surface area (Å²) >= 11 is 0. The molecular formula is C13H15F2N3O2. The maximum absolute atomic E-state index is 13.1. The molecular weight excluding hydrogens is 268 g/mol. The fourth-order valence-corrected chi connectivity index (χ4v) is 1.91. The van der Waals surface area contributed by atoms with E-state index in [1.54, 1.807) is 13.1 Å². The van der Waals surface area contributed by atoms with Gasteiger partial charge in [-0.25, -0.2) is 8.78 Å². The smallest absolute Gasteiger partial charge is 0.267 e. The number of halogens is 2. The summed E-state index contributed by atoms with van der Waals surface area (Å²) in [6.45, 7) is 0. The normalized spacial score (nSPS) is 10.9. The number of hydrogen-bond acceptors (Lipinski definition) is 4. The van der Waals surface area contributed by atoms with E-state index in [0.29, 0.717) is 22.8 Å². The van der Waals surface area contributed by atoms with Gasteiger partial charge in [-0.1, -0.05) is 0 Å². The van der Waals surface area contributed by atoms with E-state index < -0.39 is 6.43 Å². The van der Waals surface area contributed by atoms with Crippen molar-refractivity contribution in [3.8, 4) is 22.8 Å². The molecule has 0 spiro atoms. The highest BCUT2D eigenvalue weighted by Crippen LogP contribution is 2.39. The quantitative estimate of drug-likeness (QED) is 0.937. The molecule has 0 bridgehead atoms. The van der Waals surface area contributed by atoms with Crippen molar-refractivity contribution in [1.29, 1.82) is 0 Å². The predicted molar refractivity (Wildman–Crippen MR) is 71.1 cm³/mol. The van der Waals surface area contributed by atoms with Crippen LogP contribution in [0.25, 0.3) is 11.3 Å². The lowest BCUT2D eigenvalue weighted by Crippen LogP contribution is -1.98. The standard InChI is InChI=1S/C13H15F2N3O2/c1-18-12(16)5-9(17-18)7-4-8(13(14)15)11(20-3)6-10(7)19-2/h4-6,13H,16H2,1-3H3. The lowest BCUT2D eigenvalue weighted by atomic mass is 10.1. The van der Waals surface area contributed by atoms with Crippen LogP contribution in [0.3, 0.4) is 0 Å². The molecule has 0 aliphatic rings. The molecule has 0 saturated heterocycles. The Balaban J connectivity index is 2.64. The van der Waals surface area contributed by atoms with E-state index in [1.807, 2.05) is 0 Å². The van der Waals surface area contributed by atoms with Gasteiger partial charge in [0.15, 0.2) is 0 Å². The fourth-order valence-electron chi connectivity index (χ4n) is 1.91. The zero-order chi connectivity index (χ0) is 14.9. The van der Waals surface area contributed by atoms with Crippen LogP contribution in [0.1, 0.15) is 12.0 Å². The number of ether oxygens (including phenoxy) is 2. The first-order valence-electron chi connectivity index (χ1n) is 5.82. The molecule has 0 saturated carbocycles. The summed E-state index contributed by atoms with van der Waals surface area (Å²) in [7, 11) is 4.45. The number of aromatic nitrogens is 2. The Bertz CT molecular complexity index is 607.